The first-order valence-corrected chi connectivity index (χ1v) is 5.94. The smallest absolute Gasteiger partial charge is 0.262 e. The van der Waals surface area contributed by atoms with E-state index in [0.717, 1.165) is 6.20 Å². The fourth-order valence-electron chi connectivity index (χ4n) is 2.43. The molecule has 0 saturated carbocycles. The van der Waals surface area contributed by atoms with Gasteiger partial charge >= 0.3 is 0 Å². The topological polar surface area (TPSA) is 16.1 Å². The normalized spacial score (nSPS) is 24.4. The van der Waals surface area contributed by atoms with Crippen LogP contribution in [0.1, 0.15) is 38.8 Å². The van der Waals surface area contributed by atoms with E-state index in [4.69, 9.17) is 0 Å². The summed E-state index contributed by atoms with van der Waals surface area (Å²) in [5.41, 5.74) is 0.124. The van der Waals surface area contributed by atoms with Crippen LogP contribution in [0.5, 0.6) is 0 Å². The zero-order valence-electron chi connectivity index (χ0n) is 10.8. The lowest BCUT2D eigenvalue weighted by molar-refractivity contribution is 0.00136. The number of aromatic nitrogens is 1. The molecule has 0 aromatic carbocycles. The molecule has 0 spiro atoms. The van der Waals surface area contributed by atoms with Gasteiger partial charge in [0.05, 0.1) is 12.7 Å². The molecule has 2 rings (SSSR count). The van der Waals surface area contributed by atoms with E-state index in [1.54, 1.807) is 4.90 Å². The van der Waals surface area contributed by atoms with E-state index >= 15 is 0 Å². The van der Waals surface area contributed by atoms with Crippen molar-refractivity contribution >= 4 is 0 Å². The minimum atomic E-state index is -2.73. The fraction of sp³-hybridized carbons (Fsp3) is 0.615. The molecular formula is C13H17F3N2. The molecule has 1 atom stereocenters. The number of likely N-dealkylation sites (tertiary alicyclic amines) is 1. The van der Waals surface area contributed by atoms with Crippen molar-refractivity contribution in [3.8, 4) is 0 Å². The predicted molar refractivity (Wildman–Crippen MR) is 63.0 cm³/mol. The lowest BCUT2D eigenvalue weighted by atomic mass is 10.0. The van der Waals surface area contributed by atoms with E-state index in [1.807, 2.05) is 20.8 Å². The average molecular weight is 258 g/mol. The maximum absolute atomic E-state index is 13.6. The van der Waals surface area contributed by atoms with Crippen molar-refractivity contribution in [2.75, 3.05) is 6.54 Å². The Morgan fingerprint density at radius 1 is 1.33 bits per heavy atom. The molecule has 1 aliphatic rings. The van der Waals surface area contributed by atoms with Crippen molar-refractivity contribution in [2.45, 2.75) is 44.7 Å². The fourth-order valence-corrected chi connectivity index (χ4v) is 2.43. The summed E-state index contributed by atoms with van der Waals surface area (Å²) in [5, 5.41) is 0. The molecule has 0 amide bonds. The van der Waals surface area contributed by atoms with Gasteiger partial charge in [-0.05, 0) is 32.4 Å². The van der Waals surface area contributed by atoms with Gasteiger partial charge in [0.15, 0.2) is 0 Å². The van der Waals surface area contributed by atoms with Gasteiger partial charge < -0.3 is 0 Å². The maximum atomic E-state index is 13.6. The Kier molecular flexibility index (Phi) is 3.13. The third kappa shape index (κ3) is 2.66. The van der Waals surface area contributed by atoms with Crippen LogP contribution in [0.4, 0.5) is 13.2 Å². The van der Waals surface area contributed by atoms with Crippen LogP contribution in [0.2, 0.25) is 0 Å². The number of hydrogen-bond donors (Lipinski definition) is 0. The highest BCUT2D eigenvalue weighted by molar-refractivity contribution is 5.19. The molecule has 1 saturated heterocycles. The Labute approximate surface area is 105 Å². The number of alkyl halides is 2. The Hall–Kier alpha value is -1.10. The molecule has 0 unspecified atom stereocenters. The van der Waals surface area contributed by atoms with Crippen LogP contribution >= 0.6 is 0 Å². The summed E-state index contributed by atoms with van der Waals surface area (Å²) in [7, 11) is 0. The highest BCUT2D eigenvalue weighted by Crippen LogP contribution is 2.44. The van der Waals surface area contributed by atoms with Gasteiger partial charge in [-0.15, -0.1) is 0 Å². The minimum Gasteiger partial charge on any atom is -0.285 e. The SMILES string of the molecule is CC(C)(C)N1CC(F)(F)C[C@@H]1c1cncc(F)c1. The predicted octanol–water partition coefficient (Wildman–Crippen LogP) is 3.40. The number of pyridine rings is 1. The third-order valence-corrected chi connectivity index (χ3v) is 3.24. The van der Waals surface area contributed by atoms with Gasteiger partial charge in [0.25, 0.3) is 5.92 Å². The molecule has 5 heteroatoms. The summed E-state index contributed by atoms with van der Waals surface area (Å²) in [5.74, 6) is -3.22. The van der Waals surface area contributed by atoms with Gasteiger partial charge in [-0.25, -0.2) is 13.2 Å². The highest BCUT2D eigenvalue weighted by atomic mass is 19.3. The largest absolute Gasteiger partial charge is 0.285 e. The van der Waals surface area contributed by atoms with E-state index in [1.165, 1.54) is 12.3 Å². The Morgan fingerprint density at radius 3 is 2.56 bits per heavy atom. The first-order valence-electron chi connectivity index (χ1n) is 5.94. The van der Waals surface area contributed by atoms with Crippen LogP contribution in [-0.4, -0.2) is 27.9 Å². The molecule has 2 nitrogen and oxygen atoms in total. The molecule has 1 fully saturated rings. The summed E-state index contributed by atoms with van der Waals surface area (Å²) in [6.45, 7) is 5.36. The number of nitrogens with zero attached hydrogens (tertiary/aromatic N) is 2. The van der Waals surface area contributed by atoms with Gasteiger partial charge in [0, 0.05) is 24.2 Å². The minimum absolute atomic E-state index is 0.282. The summed E-state index contributed by atoms with van der Waals surface area (Å²) in [6.07, 6.45) is 2.27. The molecule has 1 aliphatic heterocycles. The summed E-state index contributed by atoms with van der Waals surface area (Å²) >= 11 is 0. The van der Waals surface area contributed by atoms with Gasteiger partial charge in [-0.1, -0.05) is 0 Å². The lowest BCUT2D eigenvalue weighted by Gasteiger charge is -2.36. The molecular weight excluding hydrogens is 241 g/mol. The standard InChI is InChI=1S/C13H17F3N2/c1-12(2,3)18-8-13(15,16)5-11(18)9-4-10(14)7-17-6-9/h4,6-7,11H,5,8H2,1-3H3/t11-/m1/s1. The Balaban J connectivity index is 2.35. The van der Waals surface area contributed by atoms with E-state index in [9.17, 15) is 13.2 Å². The van der Waals surface area contributed by atoms with Gasteiger partial charge in [0.1, 0.15) is 5.82 Å². The first kappa shape index (κ1) is 13.3. The summed E-state index contributed by atoms with van der Waals surface area (Å²) < 4.78 is 40.4. The zero-order chi connectivity index (χ0) is 13.6. The van der Waals surface area contributed by atoms with E-state index in [-0.39, 0.29) is 13.0 Å². The maximum Gasteiger partial charge on any atom is 0.262 e. The van der Waals surface area contributed by atoms with E-state index in [2.05, 4.69) is 4.98 Å². The van der Waals surface area contributed by atoms with Crippen molar-refractivity contribution in [3.63, 3.8) is 0 Å². The lowest BCUT2D eigenvalue weighted by Crippen LogP contribution is -2.42. The second kappa shape index (κ2) is 4.23. The molecule has 1 aromatic heterocycles. The van der Waals surface area contributed by atoms with Gasteiger partial charge in [0.2, 0.25) is 0 Å². The van der Waals surface area contributed by atoms with Gasteiger partial charge in [-0.3, -0.25) is 9.88 Å². The summed E-state index contributed by atoms with van der Waals surface area (Å²) in [4.78, 5) is 5.46. The van der Waals surface area contributed by atoms with Crippen molar-refractivity contribution in [1.82, 2.24) is 9.88 Å². The zero-order valence-corrected chi connectivity index (χ0v) is 10.8. The van der Waals surface area contributed by atoms with E-state index in [0.29, 0.717) is 5.56 Å². The Morgan fingerprint density at radius 2 is 2.00 bits per heavy atom. The quantitative estimate of drug-likeness (QED) is 0.767. The highest BCUT2D eigenvalue weighted by Gasteiger charge is 2.49. The van der Waals surface area contributed by atoms with Crippen LogP contribution in [0, 0.1) is 5.82 Å². The van der Waals surface area contributed by atoms with Crippen LogP contribution < -0.4 is 0 Å². The van der Waals surface area contributed by atoms with Crippen molar-refractivity contribution in [1.29, 1.82) is 0 Å². The molecule has 2 heterocycles. The molecule has 1 aromatic rings. The monoisotopic (exact) mass is 258 g/mol. The van der Waals surface area contributed by atoms with Gasteiger partial charge in [-0.2, -0.15) is 0 Å². The number of halogens is 3. The number of hydrogen-bond acceptors (Lipinski definition) is 2. The second-order valence-electron chi connectivity index (χ2n) is 5.81. The second-order valence-corrected chi connectivity index (χ2v) is 5.81. The molecule has 0 N–H and O–H groups in total. The van der Waals surface area contributed by atoms with Crippen LogP contribution in [0.25, 0.3) is 0 Å². The third-order valence-electron chi connectivity index (χ3n) is 3.24. The Bertz CT molecular complexity index is 440. The molecule has 100 valence electrons. The van der Waals surface area contributed by atoms with E-state index < -0.39 is 23.3 Å². The van der Waals surface area contributed by atoms with Crippen molar-refractivity contribution in [2.24, 2.45) is 0 Å². The number of rotatable bonds is 1. The molecule has 0 aliphatic carbocycles. The average Bonchev–Trinajstić information content (AvgIpc) is 2.54. The van der Waals surface area contributed by atoms with Crippen LogP contribution in [-0.2, 0) is 0 Å². The molecule has 18 heavy (non-hydrogen) atoms. The first-order chi connectivity index (χ1) is 8.19. The molecule has 0 radical (unpaired) electrons. The van der Waals surface area contributed by atoms with Crippen molar-refractivity contribution in [3.05, 3.63) is 29.8 Å². The molecule has 0 bridgehead atoms. The summed E-state index contributed by atoms with van der Waals surface area (Å²) in [6, 6.07) is 0.806. The van der Waals surface area contributed by atoms with Crippen LogP contribution in [0.15, 0.2) is 18.5 Å². The van der Waals surface area contributed by atoms with Crippen molar-refractivity contribution < 1.29 is 13.2 Å². The van der Waals surface area contributed by atoms with Crippen LogP contribution in [0.3, 0.4) is 0 Å².